The SMILES string of the molecule is CC(C)[Si]([Si](C)(C)C)([Si](C)(C)C)[Si]12OCCN(CCO1)CCO2. The Labute approximate surface area is 146 Å². The molecule has 0 aromatic heterocycles. The van der Waals surface area contributed by atoms with Crippen molar-refractivity contribution in [3.8, 4) is 0 Å². The van der Waals surface area contributed by atoms with Gasteiger partial charge in [0.2, 0.25) is 0 Å². The summed E-state index contributed by atoms with van der Waals surface area (Å²) in [7, 11) is -5.57. The molecule has 0 radical (unpaired) electrons. The smallest absolute Gasteiger partial charge is 0.375 e. The fourth-order valence-electron chi connectivity index (χ4n) is 5.86. The molecule has 3 saturated heterocycles. The Hall–Kier alpha value is 0.708. The second kappa shape index (κ2) is 6.79. The molecule has 4 nitrogen and oxygen atoms in total. The van der Waals surface area contributed by atoms with Crippen molar-refractivity contribution in [1.29, 1.82) is 0 Å². The molecule has 0 aromatic rings. The summed E-state index contributed by atoms with van der Waals surface area (Å²) in [6.45, 7) is 24.0. The molecule has 0 spiro atoms. The molecule has 8 heteroatoms. The van der Waals surface area contributed by atoms with Crippen LogP contribution in [0.25, 0.3) is 0 Å². The first-order valence-corrected chi connectivity index (χ1v) is 22.9. The summed E-state index contributed by atoms with van der Waals surface area (Å²) in [6, 6.07) is 0. The van der Waals surface area contributed by atoms with E-state index in [0.717, 1.165) is 39.5 Å². The fraction of sp³-hybridized carbons (Fsp3) is 1.00. The molecule has 3 rings (SSSR count). The molecular formula is C15H37NO3Si4. The van der Waals surface area contributed by atoms with Gasteiger partial charge in [0.05, 0.1) is 19.8 Å². The van der Waals surface area contributed by atoms with E-state index in [2.05, 4.69) is 58.0 Å². The van der Waals surface area contributed by atoms with Crippen LogP contribution in [0.4, 0.5) is 0 Å². The highest BCUT2D eigenvalue weighted by atomic mass is 29.9. The van der Waals surface area contributed by atoms with Gasteiger partial charge >= 0.3 is 8.32 Å². The minimum Gasteiger partial charge on any atom is -0.375 e. The van der Waals surface area contributed by atoms with E-state index in [-0.39, 0.29) is 0 Å². The summed E-state index contributed by atoms with van der Waals surface area (Å²) < 4.78 is 20.1. The van der Waals surface area contributed by atoms with Crippen molar-refractivity contribution in [2.24, 2.45) is 0 Å². The second-order valence-corrected chi connectivity index (χ2v) is 45.6. The Bertz CT molecular complexity index is 379. The van der Waals surface area contributed by atoms with Crippen LogP contribution >= 0.6 is 0 Å². The fourth-order valence-corrected chi connectivity index (χ4v) is 84.6. The lowest BCUT2D eigenvalue weighted by molar-refractivity contribution is 0.00509. The Balaban J connectivity index is 2.64. The molecule has 3 aliphatic rings. The minimum absolute atomic E-state index is 0.669. The summed E-state index contributed by atoms with van der Waals surface area (Å²) in [5, 5.41) is 0. The third kappa shape index (κ3) is 3.25. The van der Waals surface area contributed by atoms with Gasteiger partial charge in [0.1, 0.15) is 6.63 Å². The predicted molar refractivity (Wildman–Crippen MR) is 108 cm³/mol. The Morgan fingerprint density at radius 1 is 0.739 bits per heavy atom. The normalized spacial score (nSPS) is 30.9. The lowest BCUT2D eigenvalue weighted by Crippen LogP contribution is -2.89. The number of rotatable bonds is 4. The summed E-state index contributed by atoms with van der Waals surface area (Å²) in [4.78, 5) is 2.42. The van der Waals surface area contributed by atoms with Gasteiger partial charge < -0.3 is 13.3 Å². The average Bonchev–Trinajstić information content (AvgIpc) is 2.25. The molecule has 0 aliphatic carbocycles. The van der Waals surface area contributed by atoms with Gasteiger partial charge in [-0.2, -0.15) is 0 Å². The molecule has 0 saturated carbocycles. The molecule has 2 bridgehead atoms. The summed E-state index contributed by atoms with van der Waals surface area (Å²) in [5.41, 5.74) is 0.669. The Morgan fingerprint density at radius 3 is 1.35 bits per heavy atom. The van der Waals surface area contributed by atoms with Crippen LogP contribution in [-0.4, -0.2) is 74.5 Å². The first-order valence-electron chi connectivity index (χ1n) is 9.12. The van der Waals surface area contributed by atoms with E-state index in [9.17, 15) is 0 Å². The zero-order valence-electron chi connectivity index (χ0n) is 16.5. The molecule has 3 heterocycles. The Morgan fingerprint density at radius 2 is 1.09 bits per heavy atom. The van der Waals surface area contributed by atoms with Gasteiger partial charge in [0, 0.05) is 34.8 Å². The number of hydrogen-bond donors (Lipinski definition) is 0. The lowest BCUT2D eigenvalue weighted by Gasteiger charge is -2.59. The minimum atomic E-state index is -2.61. The van der Waals surface area contributed by atoms with Crippen LogP contribution < -0.4 is 0 Å². The van der Waals surface area contributed by atoms with Gasteiger partial charge in [-0.1, -0.05) is 58.7 Å². The third-order valence-corrected chi connectivity index (χ3v) is 71.1. The second-order valence-electron chi connectivity index (χ2n) is 9.41. The molecule has 0 atom stereocenters. The molecule has 3 aliphatic heterocycles. The highest BCUT2D eigenvalue weighted by Gasteiger charge is 2.75. The molecule has 136 valence electrons. The topological polar surface area (TPSA) is 30.9 Å². The highest BCUT2D eigenvalue weighted by Crippen LogP contribution is 2.46. The standard InChI is InChI=1S/C15H37NO3Si4/c1-15(2)22(20(3,4)5,21(6,7)8)23-17-12-9-16(10-13-18-23)11-14-19-23/h15H,9-14H2,1-8H3. The van der Waals surface area contributed by atoms with E-state index in [1.165, 1.54) is 0 Å². The van der Waals surface area contributed by atoms with E-state index in [1.54, 1.807) is 0 Å². The first-order chi connectivity index (χ1) is 10.5. The van der Waals surface area contributed by atoms with Crippen molar-refractivity contribution in [1.82, 2.24) is 4.90 Å². The van der Waals surface area contributed by atoms with Gasteiger partial charge in [-0.05, 0) is 0 Å². The maximum Gasteiger partial charge on any atom is 0.465 e. The monoisotopic (exact) mass is 391 g/mol. The largest absolute Gasteiger partial charge is 0.465 e. The summed E-state index contributed by atoms with van der Waals surface area (Å²) >= 11 is 0. The Kier molecular flexibility index (Phi) is 5.91. The zero-order chi connectivity index (χ0) is 17.5. The van der Waals surface area contributed by atoms with Crippen molar-refractivity contribution in [3.63, 3.8) is 0 Å². The van der Waals surface area contributed by atoms with Crippen LogP contribution in [0.5, 0.6) is 0 Å². The van der Waals surface area contributed by atoms with Gasteiger partial charge in [-0.3, -0.25) is 4.90 Å². The van der Waals surface area contributed by atoms with Crippen molar-refractivity contribution in [2.45, 2.75) is 58.7 Å². The average molecular weight is 392 g/mol. The van der Waals surface area contributed by atoms with Gasteiger partial charge in [-0.25, -0.2) is 0 Å². The van der Waals surface area contributed by atoms with Crippen LogP contribution in [0.1, 0.15) is 13.8 Å². The van der Waals surface area contributed by atoms with Crippen LogP contribution in [0.3, 0.4) is 0 Å². The van der Waals surface area contributed by atoms with E-state index >= 15 is 0 Å². The molecule has 0 aromatic carbocycles. The molecule has 23 heavy (non-hydrogen) atoms. The van der Waals surface area contributed by atoms with E-state index in [4.69, 9.17) is 13.3 Å². The molecular weight excluding hydrogens is 355 g/mol. The zero-order valence-corrected chi connectivity index (χ0v) is 20.5. The van der Waals surface area contributed by atoms with Gasteiger partial charge in [0.25, 0.3) is 0 Å². The van der Waals surface area contributed by atoms with Crippen LogP contribution in [0.2, 0.25) is 44.8 Å². The van der Waals surface area contributed by atoms with Crippen molar-refractivity contribution >= 4 is 30.1 Å². The number of hydrogen-bond acceptors (Lipinski definition) is 4. The van der Waals surface area contributed by atoms with Crippen molar-refractivity contribution < 1.29 is 13.3 Å². The summed E-state index contributed by atoms with van der Waals surface area (Å²) in [6.07, 6.45) is 0. The third-order valence-electron chi connectivity index (χ3n) is 5.81. The quantitative estimate of drug-likeness (QED) is 0.689. The van der Waals surface area contributed by atoms with Crippen molar-refractivity contribution in [3.05, 3.63) is 0 Å². The van der Waals surface area contributed by atoms with E-state index in [0.29, 0.717) is 5.54 Å². The number of fused-ring (bicyclic) bond motifs is 6. The molecule has 3 fully saturated rings. The van der Waals surface area contributed by atoms with Gasteiger partial charge in [0.15, 0.2) is 0 Å². The lowest BCUT2D eigenvalue weighted by atomic mass is 10.4. The van der Waals surface area contributed by atoms with E-state index in [1.807, 2.05) is 0 Å². The van der Waals surface area contributed by atoms with Crippen molar-refractivity contribution in [2.75, 3.05) is 39.5 Å². The highest BCUT2D eigenvalue weighted by molar-refractivity contribution is 7.87. The molecule has 0 N–H and O–H groups in total. The van der Waals surface area contributed by atoms with Gasteiger partial charge in [-0.15, -0.1) is 0 Å². The van der Waals surface area contributed by atoms with Crippen LogP contribution in [0.15, 0.2) is 0 Å². The predicted octanol–water partition coefficient (Wildman–Crippen LogP) is 3.07. The van der Waals surface area contributed by atoms with E-state index < -0.39 is 30.1 Å². The summed E-state index contributed by atoms with van der Waals surface area (Å²) in [5.74, 6) is 0. The molecule has 0 unspecified atom stereocenters. The van der Waals surface area contributed by atoms with Crippen LogP contribution in [0, 0.1) is 0 Å². The first kappa shape index (κ1) is 20.0. The van der Waals surface area contributed by atoms with Crippen LogP contribution in [-0.2, 0) is 13.3 Å². The maximum atomic E-state index is 6.71. The number of nitrogens with zero attached hydrogens (tertiary/aromatic N) is 1. The molecule has 0 amide bonds. The maximum absolute atomic E-state index is 6.71.